The number of hydrogen-bond donors (Lipinski definition) is 1. The SMILES string of the molecule is CC(C)c1nc(CSc2nnc(Nc3ccc(F)cc3)s2)cs1. The zero-order chi connectivity index (χ0) is 16.2. The number of benzene rings is 1. The standard InChI is InChI=1S/C15H15FN4S3/c1-9(2)13-17-12(7-21-13)8-22-15-20-19-14(23-15)18-11-5-3-10(16)4-6-11/h3-7,9H,8H2,1-2H3,(H,18,19). The molecular weight excluding hydrogens is 351 g/mol. The minimum Gasteiger partial charge on any atom is -0.330 e. The Morgan fingerprint density at radius 3 is 2.70 bits per heavy atom. The second-order valence-corrected chi connectivity index (χ2v) is 8.22. The Balaban J connectivity index is 1.57. The van der Waals surface area contributed by atoms with E-state index in [4.69, 9.17) is 0 Å². The lowest BCUT2D eigenvalue weighted by Crippen LogP contribution is -1.89. The monoisotopic (exact) mass is 366 g/mol. The second kappa shape index (κ2) is 7.37. The van der Waals surface area contributed by atoms with E-state index < -0.39 is 0 Å². The number of hydrogen-bond acceptors (Lipinski definition) is 7. The molecule has 8 heteroatoms. The van der Waals surface area contributed by atoms with E-state index >= 15 is 0 Å². The van der Waals surface area contributed by atoms with Crippen LogP contribution in [0.5, 0.6) is 0 Å². The first-order valence-corrected chi connectivity index (χ1v) is 9.71. The van der Waals surface area contributed by atoms with E-state index in [1.165, 1.54) is 23.5 Å². The van der Waals surface area contributed by atoms with Gasteiger partial charge >= 0.3 is 0 Å². The fourth-order valence-corrected chi connectivity index (χ4v) is 4.37. The number of nitrogens with zero attached hydrogens (tertiary/aromatic N) is 3. The van der Waals surface area contributed by atoms with Crippen LogP contribution in [0.15, 0.2) is 34.0 Å². The quantitative estimate of drug-likeness (QED) is 0.601. The molecule has 0 aliphatic carbocycles. The Bertz CT molecular complexity index is 767. The molecule has 0 aliphatic heterocycles. The molecule has 0 amide bonds. The fourth-order valence-electron chi connectivity index (χ4n) is 1.77. The molecule has 0 saturated carbocycles. The lowest BCUT2D eigenvalue weighted by atomic mass is 10.2. The number of halogens is 1. The normalized spacial score (nSPS) is 11.1. The molecule has 1 N–H and O–H groups in total. The summed E-state index contributed by atoms with van der Waals surface area (Å²) in [7, 11) is 0. The molecule has 3 aromatic rings. The molecule has 0 spiro atoms. The summed E-state index contributed by atoms with van der Waals surface area (Å²) in [6.07, 6.45) is 0. The summed E-state index contributed by atoms with van der Waals surface area (Å²) in [6, 6.07) is 6.17. The van der Waals surface area contributed by atoms with Gasteiger partial charge in [0.15, 0.2) is 4.34 Å². The van der Waals surface area contributed by atoms with Gasteiger partial charge in [-0.2, -0.15) is 0 Å². The van der Waals surface area contributed by atoms with Gasteiger partial charge in [-0.05, 0) is 24.3 Å². The van der Waals surface area contributed by atoms with Gasteiger partial charge in [-0.3, -0.25) is 0 Å². The minimum absolute atomic E-state index is 0.256. The van der Waals surface area contributed by atoms with Crippen molar-refractivity contribution in [2.24, 2.45) is 0 Å². The van der Waals surface area contributed by atoms with Crippen LogP contribution >= 0.6 is 34.4 Å². The summed E-state index contributed by atoms with van der Waals surface area (Å²) in [5.74, 6) is 0.994. The molecule has 3 rings (SSSR count). The fraction of sp³-hybridized carbons (Fsp3) is 0.267. The second-order valence-electron chi connectivity index (χ2n) is 5.13. The number of thiazole rings is 1. The van der Waals surface area contributed by atoms with Crippen LogP contribution in [0.25, 0.3) is 0 Å². The van der Waals surface area contributed by atoms with Gasteiger partial charge in [-0.25, -0.2) is 9.37 Å². The van der Waals surface area contributed by atoms with Gasteiger partial charge < -0.3 is 5.32 Å². The summed E-state index contributed by atoms with van der Waals surface area (Å²) < 4.78 is 13.8. The maximum Gasteiger partial charge on any atom is 0.210 e. The predicted octanol–water partition coefficient (Wildman–Crippen LogP) is 5.29. The first kappa shape index (κ1) is 16.4. The molecule has 0 unspecified atom stereocenters. The summed E-state index contributed by atoms with van der Waals surface area (Å²) in [6.45, 7) is 4.29. The summed E-state index contributed by atoms with van der Waals surface area (Å²) in [4.78, 5) is 4.61. The van der Waals surface area contributed by atoms with Gasteiger partial charge in [0, 0.05) is 22.7 Å². The first-order chi connectivity index (χ1) is 11.1. The van der Waals surface area contributed by atoms with Crippen LogP contribution in [-0.2, 0) is 5.75 Å². The third-order valence-electron chi connectivity index (χ3n) is 2.91. The maximum atomic E-state index is 12.9. The molecule has 2 heterocycles. The largest absolute Gasteiger partial charge is 0.330 e. The third kappa shape index (κ3) is 4.49. The highest BCUT2D eigenvalue weighted by Gasteiger charge is 2.09. The molecule has 0 fully saturated rings. The lowest BCUT2D eigenvalue weighted by molar-refractivity contribution is 0.628. The highest BCUT2D eigenvalue weighted by atomic mass is 32.2. The van der Waals surface area contributed by atoms with E-state index in [9.17, 15) is 4.39 Å². The van der Waals surface area contributed by atoms with Crippen molar-refractivity contribution in [3.63, 3.8) is 0 Å². The van der Waals surface area contributed by atoms with Crippen molar-refractivity contribution in [1.29, 1.82) is 0 Å². The first-order valence-electron chi connectivity index (χ1n) is 7.03. The van der Waals surface area contributed by atoms with Crippen LogP contribution in [0, 0.1) is 5.82 Å². The molecule has 2 aromatic heterocycles. The minimum atomic E-state index is -0.256. The van der Waals surface area contributed by atoms with Gasteiger partial charge in [-0.15, -0.1) is 21.5 Å². The Morgan fingerprint density at radius 2 is 2.00 bits per heavy atom. The van der Waals surface area contributed by atoms with Gasteiger partial charge in [0.05, 0.1) is 10.7 Å². The van der Waals surface area contributed by atoms with E-state index in [0.717, 1.165) is 26.5 Å². The van der Waals surface area contributed by atoms with Gasteiger partial charge in [0.1, 0.15) is 5.82 Å². The topological polar surface area (TPSA) is 50.7 Å². The van der Waals surface area contributed by atoms with Crippen molar-refractivity contribution in [2.75, 3.05) is 5.32 Å². The summed E-state index contributed by atoms with van der Waals surface area (Å²) in [5.41, 5.74) is 1.87. The maximum absolute atomic E-state index is 12.9. The average molecular weight is 367 g/mol. The molecule has 23 heavy (non-hydrogen) atoms. The highest BCUT2D eigenvalue weighted by Crippen LogP contribution is 2.30. The average Bonchev–Trinajstić information content (AvgIpc) is 3.17. The van der Waals surface area contributed by atoms with Crippen molar-refractivity contribution in [1.82, 2.24) is 15.2 Å². The Morgan fingerprint density at radius 1 is 1.22 bits per heavy atom. The number of rotatable bonds is 6. The number of thioether (sulfide) groups is 1. The Hall–Kier alpha value is -1.51. The van der Waals surface area contributed by atoms with Crippen LogP contribution in [-0.4, -0.2) is 15.2 Å². The van der Waals surface area contributed by atoms with Gasteiger partial charge in [-0.1, -0.05) is 36.9 Å². The van der Waals surface area contributed by atoms with E-state index in [-0.39, 0.29) is 5.82 Å². The Kier molecular flexibility index (Phi) is 5.24. The van der Waals surface area contributed by atoms with Crippen molar-refractivity contribution in [3.05, 3.63) is 46.2 Å². The zero-order valence-electron chi connectivity index (χ0n) is 12.6. The molecule has 0 atom stereocenters. The van der Waals surface area contributed by atoms with Crippen molar-refractivity contribution in [3.8, 4) is 0 Å². The third-order valence-corrected chi connectivity index (χ3v) is 6.11. The number of nitrogens with one attached hydrogen (secondary N) is 1. The predicted molar refractivity (Wildman–Crippen MR) is 95.4 cm³/mol. The van der Waals surface area contributed by atoms with Crippen LogP contribution in [0.2, 0.25) is 0 Å². The number of aromatic nitrogens is 3. The van der Waals surface area contributed by atoms with Crippen molar-refractivity contribution in [2.45, 2.75) is 29.9 Å². The van der Waals surface area contributed by atoms with Crippen LogP contribution in [0.3, 0.4) is 0 Å². The molecule has 0 radical (unpaired) electrons. The summed E-state index contributed by atoms with van der Waals surface area (Å²) >= 11 is 4.80. The van der Waals surface area contributed by atoms with E-state index in [0.29, 0.717) is 11.0 Å². The van der Waals surface area contributed by atoms with E-state index in [1.807, 2.05) is 0 Å². The van der Waals surface area contributed by atoms with Crippen LogP contribution in [0.4, 0.5) is 15.2 Å². The van der Waals surface area contributed by atoms with Gasteiger partial charge in [0.2, 0.25) is 5.13 Å². The molecule has 0 saturated heterocycles. The van der Waals surface area contributed by atoms with E-state index in [2.05, 4.69) is 39.7 Å². The zero-order valence-corrected chi connectivity index (χ0v) is 15.1. The van der Waals surface area contributed by atoms with Gasteiger partial charge in [0.25, 0.3) is 0 Å². The molecule has 0 aliphatic rings. The molecule has 1 aromatic carbocycles. The molecule has 4 nitrogen and oxygen atoms in total. The molecule has 0 bridgehead atoms. The van der Waals surface area contributed by atoms with E-state index in [1.54, 1.807) is 35.2 Å². The van der Waals surface area contributed by atoms with Crippen molar-refractivity contribution < 1.29 is 4.39 Å². The van der Waals surface area contributed by atoms with Crippen molar-refractivity contribution >= 4 is 45.3 Å². The lowest BCUT2D eigenvalue weighted by Gasteiger charge is -2.00. The number of anilines is 2. The Labute approximate surface area is 146 Å². The smallest absolute Gasteiger partial charge is 0.210 e. The van der Waals surface area contributed by atoms with Crippen LogP contribution < -0.4 is 5.32 Å². The molecule has 120 valence electrons. The van der Waals surface area contributed by atoms with Crippen LogP contribution in [0.1, 0.15) is 30.5 Å². The summed E-state index contributed by atoms with van der Waals surface area (Å²) in [5, 5.41) is 15.3. The highest BCUT2D eigenvalue weighted by molar-refractivity contribution is 8.00. The molecular formula is C15H15FN4S3.